The molecule has 46 heavy (non-hydrogen) atoms. The van der Waals surface area contributed by atoms with Crippen LogP contribution in [-0.4, -0.2) is 57.5 Å². The van der Waals surface area contributed by atoms with E-state index < -0.39 is 34.1 Å². The van der Waals surface area contributed by atoms with Gasteiger partial charge in [0.25, 0.3) is 10.0 Å². The van der Waals surface area contributed by atoms with Gasteiger partial charge < -0.3 is 19.7 Å². The first kappa shape index (κ1) is 34.1. The van der Waals surface area contributed by atoms with Crippen molar-refractivity contribution >= 4 is 27.5 Å². The number of benzene rings is 4. The highest BCUT2D eigenvalue weighted by Gasteiger charge is 2.35. The zero-order valence-electron chi connectivity index (χ0n) is 26.8. The molecule has 10 heteroatoms. The Morgan fingerprint density at radius 1 is 0.761 bits per heavy atom. The van der Waals surface area contributed by atoms with Crippen molar-refractivity contribution in [3.8, 4) is 11.5 Å². The second-order valence-electron chi connectivity index (χ2n) is 11.8. The third kappa shape index (κ3) is 8.66. The predicted molar refractivity (Wildman–Crippen MR) is 179 cm³/mol. The van der Waals surface area contributed by atoms with Gasteiger partial charge in [0, 0.05) is 24.6 Å². The summed E-state index contributed by atoms with van der Waals surface area (Å²) < 4.78 is 40.3. The first-order chi connectivity index (χ1) is 21.9. The van der Waals surface area contributed by atoms with Crippen LogP contribution >= 0.6 is 0 Å². The third-order valence-corrected chi connectivity index (χ3v) is 9.00. The predicted octanol–water partition coefficient (Wildman–Crippen LogP) is 5.45. The van der Waals surface area contributed by atoms with Crippen molar-refractivity contribution in [2.75, 3.05) is 25.1 Å². The zero-order chi connectivity index (χ0) is 33.3. The number of hydrogen-bond donors (Lipinski definition) is 1. The van der Waals surface area contributed by atoms with E-state index >= 15 is 0 Å². The van der Waals surface area contributed by atoms with Crippen LogP contribution in [0.15, 0.2) is 114 Å². The molecule has 242 valence electrons. The Bertz CT molecular complexity index is 1710. The minimum atomic E-state index is -4.30. The minimum absolute atomic E-state index is 0.0808. The maximum absolute atomic E-state index is 14.5. The average molecular weight is 644 g/mol. The number of nitrogens with zero attached hydrogens (tertiary/aromatic N) is 2. The van der Waals surface area contributed by atoms with Crippen molar-refractivity contribution in [2.45, 2.75) is 50.2 Å². The lowest BCUT2D eigenvalue weighted by molar-refractivity contribution is -0.140. The zero-order valence-corrected chi connectivity index (χ0v) is 27.7. The van der Waals surface area contributed by atoms with Crippen LogP contribution in [0.5, 0.6) is 11.5 Å². The highest BCUT2D eigenvalue weighted by Crippen LogP contribution is 2.32. The second-order valence-corrected chi connectivity index (χ2v) is 13.7. The molecule has 0 saturated heterocycles. The Morgan fingerprint density at radius 3 is 1.85 bits per heavy atom. The van der Waals surface area contributed by atoms with E-state index in [-0.39, 0.29) is 29.5 Å². The van der Waals surface area contributed by atoms with E-state index in [1.165, 1.54) is 37.3 Å². The van der Waals surface area contributed by atoms with Gasteiger partial charge in [0.05, 0.1) is 24.8 Å². The van der Waals surface area contributed by atoms with Crippen molar-refractivity contribution in [1.82, 2.24) is 10.2 Å². The molecule has 0 aliphatic carbocycles. The monoisotopic (exact) mass is 643 g/mol. The van der Waals surface area contributed by atoms with Gasteiger partial charge in [-0.15, -0.1) is 0 Å². The van der Waals surface area contributed by atoms with Gasteiger partial charge in [-0.2, -0.15) is 0 Å². The van der Waals surface area contributed by atoms with Gasteiger partial charge >= 0.3 is 0 Å². The molecule has 1 atom stereocenters. The first-order valence-corrected chi connectivity index (χ1v) is 16.4. The molecule has 0 fully saturated rings. The maximum Gasteiger partial charge on any atom is 0.264 e. The van der Waals surface area contributed by atoms with Gasteiger partial charge in [-0.3, -0.25) is 13.9 Å². The van der Waals surface area contributed by atoms with Crippen LogP contribution in [0.1, 0.15) is 31.9 Å². The highest BCUT2D eigenvalue weighted by molar-refractivity contribution is 7.92. The number of carbonyl (C=O) groups is 2. The standard InChI is InChI=1S/C36H41N3O6S/c1-36(2,3)37-35(41)31(23-27-15-9-6-10-16-27)38(25-28-17-11-7-12-18-28)34(40)26-39(29-19-13-8-14-20-29)46(42,43)30-21-22-32(44-4)33(24-30)45-5/h6-22,24,31H,23,25-26H2,1-5H3,(H,37,41)/t31-/m0/s1. The van der Waals surface area contributed by atoms with Crippen molar-refractivity contribution in [3.05, 3.63) is 120 Å². The van der Waals surface area contributed by atoms with Crippen molar-refractivity contribution in [3.63, 3.8) is 0 Å². The molecular weight excluding hydrogens is 602 g/mol. The van der Waals surface area contributed by atoms with E-state index in [1.807, 2.05) is 81.4 Å². The summed E-state index contributed by atoms with van der Waals surface area (Å²) in [4.78, 5) is 29.9. The number of carbonyl (C=O) groups excluding carboxylic acids is 2. The van der Waals surface area contributed by atoms with E-state index in [0.717, 1.165) is 15.4 Å². The summed E-state index contributed by atoms with van der Waals surface area (Å²) in [5, 5.41) is 3.03. The Kier molecular flexibility index (Phi) is 11.1. The summed E-state index contributed by atoms with van der Waals surface area (Å²) in [7, 11) is -1.41. The van der Waals surface area contributed by atoms with Gasteiger partial charge in [0.1, 0.15) is 12.6 Å². The number of rotatable bonds is 13. The summed E-state index contributed by atoms with van der Waals surface area (Å²) in [6, 6.07) is 30.6. The molecule has 0 heterocycles. The minimum Gasteiger partial charge on any atom is -0.493 e. The molecule has 4 rings (SSSR count). The number of anilines is 1. The summed E-state index contributed by atoms with van der Waals surface area (Å²) in [5.74, 6) is -0.279. The van der Waals surface area contributed by atoms with Crippen LogP contribution in [0.3, 0.4) is 0 Å². The van der Waals surface area contributed by atoms with Crippen molar-refractivity contribution in [1.29, 1.82) is 0 Å². The Hall–Kier alpha value is -4.83. The number of methoxy groups -OCH3 is 2. The lowest BCUT2D eigenvalue weighted by atomic mass is 10.0. The molecule has 4 aromatic rings. The maximum atomic E-state index is 14.5. The van der Waals surface area contributed by atoms with Crippen LogP contribution in [0.4, 0.5) is 5.69 Å². The molecule has 0 unspecified atom stereocenters. The van der Waals surface area contributed by atoms with E-state index in [0.29, 0.717) is 11.4 Å². The number of sulfonamides is 1. The first-order valence-electron chi connectivity index (χ1n) is 14.9. The fourth-order valence-electron chi connectivity index (χ4n) is 5.01. The van der Waals surface area contributed by atoms with Gasteiger partial charge in [0.15, 0.2) is 11.5 Å². The van der Waals surface area contributed by atoms with Crippen LogP contribution in [-0.2, 0) is 32.6 Å². The molecule has 0 aliphatic heterocycles. The van der Waals surface area contributed by atoms with Crippen LogP contribution in [0.2, 0.25) is 0 Å². The molecule has 0 saturated carbocycles. The van der Waals surface area contributed by atoms with E-state index in [1.54, 1.807) is 30.3 Å². The largest absolute Gasteiger partial charge is 0.493 e. The molecule has 9 nitrogen and oxygen atoms in total. The van der Waals surface area contributed by atoms with Crippen molar-refractivity contribution in [2.24, 2.45) is 0 Å². The Labute approximate surface area is 271 Å². The normalized spacial score (nSPS) is 12.1. The van der Waals surface area contributed by atoms with E-state index in [9.17, 15) is 18.0 Å². The topological polar surface area (TPSA) is 105 Å². The molecule has 0 aromatic heterocycles. The molecule has 2 amide bonds. The SMILES string of the molecule is COc1ccc(S(=O)(=O)N(CC(=O)N(Cc2ccccc2)[C@@H](Cc2ccccc2)C(=O)NC(C)(C)C)c2ccccc2)cc1OC. The van der Waals surface area contributed by atoms with Crippen LogP contribution in [0, 0.1) is 0 Å². The third-order valence-electron chi connectivity index (χ3n) is 7.23. The fraction of sp³-hybridized carbons (Fsp3) is 0.278. The van der Waals surface area contributed by atoms with Crippen LogP contribution in [0.25, 0.3) is 0 Å². The molecule has 0 spiro atoms. The second kappa shape index (κ2) is 15.0. The van der Waals surface area contributed by atoms with Crippen molar-refractivity contribution < 1.29 is 27.5 Å². The molecule has 4 aromatic carbocycles. The molecule has 0 aliphatic rings. The number of nitrogens with one attached hydrogen (secondary N) is 1. The van der Waals surface area contributed by atoms with Gasteiger partial charge in [-0.25, -0.2) is 8.42 Å². The molecule has 0 radical (unpaired) electrons. The Morgan fingerprint density at radius 2 is 1.30 bits per heavy atom. The lowest BCUT2D eigenvalue weighted by Crippen LogP contribution is -2.56. The lowest BCUT2D eigenvalue weighted by Gasteiger charge is -2.35. The van der Waals surface area contributed by atoms with Gasteiger partial charge in [-0.1, -0.05) is 78.9 Å². The fourth-order valence-corrected chi connectivity index (χ4v) is 6.44. The number of ether oxygens (including phenoxy) is 2. The summed E-state index contributed by atoms with van der Waals surface area (Å²) >= 11 is 0. The molecule has 1 N–H and O–H groups in total. The Balaban J connectivity index is 1.81. The molecule has 0 bridgehead atoms. The van der Waals surface area contributed by atoms with Gasteiger partial charge in [-0.05, 0) is 56.2 Å². The average Bonchev–Trinajstić information content (AvgIpc) is 3.05. The smallest absolute Gasteiger partial charge is 0.264 e. The number of amides is 2. The number of para-hydroxylation sites is 1. The summed E-state index contributed by atoms with van der Waals surface area (Å²) in [5.41, 5.74) is 1.39. The van der Waals surface area contributed by atoms with Crippen LogP contribution < -0.4 is 19.1 Å². The highest BCUT2D eigenvalue weighted by atomic mass is 32.2. The molecular formula is C36H41N3O6S. The number of hydrogen-bond acceptors (Lipinski definition) is 6. The summed E-state index contributed by atoms with van der Waals surface area (Å²) in [6.45, 7) is 5.16. The van der Waals surface area contributed by atoms with Gasteiger partial charge in [0.2, 0.25) is 11.8 Å². The quantitative estimate of drug-likeness (QED) is 0.208. The summed E-state index contributed by atoms with van der Waals surface area (Å²) in [6.07, 6.45) is 0.231. The van der Waals surface area contributed by atoms with E-state index in [4.69, 9.17) is 9.47 Å². The van der Waals surface area contributed by atoms with E-state index in [2.05, 4.69) is 5.32 Å².